The molecule has 3 N–H and O–H groups in total. The Morgan fingerprint density at radius 3 is 1.78 bits per heavy atom. The minimum atomic E-state index is -4.71. The number of fused-ring (bicyclic) bond motifs is 2. The van der Waals surface area contributed by atoms with E-state index >= 15 is 0 Å². The topological polar surface area (TPSA) is 218 Å². The number of aromatic hydroxyl groups is 1. The van der Waals surface area contributed by atoms with E-state index in [1.807, 2.05) is 58.9 Å². The number of hydrogen-bond acceptors (Lipinski definition) is 14. The number of halogens is 6. The van der Waals surface area contributed by atoms with Gasteiger partial charge in [0.25, 0.3) is 0 Å². The van der Waals surface area contributed by atoms with Gasteiger partial charge in [-0.25, -0.2) is 4.79 Å². The van der Waals surface area contributed by atoms with Gasteiger partial charge in [-0.3, -0.25) is 24.0 Å². The van der Waals surface area contributed by atoms with Crippen molar-refractivity contribution >= 4 is 46.6 Å². The average molecular weight is 1160 g/mol. The van der Waals surface area contributed by atoms with Crippen molar-refractivity contribution in [1.82, 2.24) is 0 Å². The standard InChI is InChI=1S/C19H21F3O3.C18H23F3O6.C10H14O.C8H16O3.C5H10O2/c1-3-13(2)14-4-5-16-11-17(7-6-15(16)10-14)25-12-18(23)24-9-8-19(20,21)22;1-5-16(3,4)13(22)26-11-9-6-10-12(11)27-15(24)17(10,7-9)14(23)25-8(2)18(19,20)21;1-3-8(2)9-4-6-10(11)7-5-9;1-4-8(2,3)7(10)11-6-5-9;1-3-4(2)5(6)7/h4-7,10-11,13H,3,8-9,12H2,1-2H3;8-12H,5-7H2,1-4H3;4-8,11H,3H2,1-2H3;9H,4-6H2,1-3H3;4H,3H2,1-2H3,(H,6,7). The summed E-state index contributed by atoms with van der Waals surface area (Å²) in [5.41, 5.74) is -0.294. The van der Waals surface area contributed by atoms with E-state index in [2.05, 4.69) is 49.3 Å². The molecule has 0 spiro atoms. The minimum Gasteiger partial charge on any atom is -0.508 e. The summed E-state index contributed by atoms with van der Waals surface area (Å²) in [4.78, 5) is 69.7. The van der Waals surface area contributed by atoms with Gasteiger partial charge in [0.05, 0.1) is 29.8 Å². The Labute approximate surface area is 471 Å². The molecule has 81 heavy (non-hydrogen) atoms. The largest absolute Gasteiger partial charge is 0.508 e. The SMILES string of the molecule is CCC(C)(C)C(=O)OC1C2CC3C1OC(=O)C3(C(=O)OC(C)C(F)(F)F)C2.CCC(C)(C)C(=O)OCCO.CCC(C)C(=O)O.CCC(C)c1ccc(O)cc1.CCC(C)c1ccc2cc(OCC(=O)OCCC(F)(F)F)ccc2c1. The first-order chi connectivity index (χ1) is 37.6. The normalized spacial score (nSPS) is 20.3. The van der Waals surface area contributed by atoms with Crippen molar-refractivity contribution < 1.29 is 98.9 Å². The van der Waals surface area contributed by atoms with Crippen molar-refractivity contribution in [3.8, 4) is 11.5 Å². The molecular weight excluding hydrogens is 1070 g/mol. The molecule has 2 saturated carbocycles. The Hall–Kier alpha value is -6.12. The number of aliphatic hydroxyl groups excluding tert-OH is 1. The number of aliphatic hydroxyl groups is 1. The molecule has 3 aromatic carbocycles. The number of carbonyl (C=O) groups is 6. The van der Waals surface area contributed by atoms with Gasteiger partial charge in [-0.2, -0.15) is 26.3 Å². The molecule has 9 unspecified atom stereocenters. The van der Waals surface area contributed by atoms with Gasteiger partial charge in [0.15, 0.2) is 18.1 Å². The van der Waals surface area contributed by atoms with Crippen molar-refractivity contribution in [2.75, 3.05) is 26.4 Å². The van der Waals surface area contributed by atoms with Gasteiger partial charge in [-0.05, 0) is 138 Å². The monoisotopic (exact) mass is 1160 g/mol. The van der Waals surface area contributed by atoms with E-state index in [9.17, 15) is 55.1 Å². The Morgan fingerprint density at radius 2 is 1.27 bits per heavy atom. The smallest absolute Gasteiger partial charge is 0.425 e. The highest BCUT2D eigenvalue weighted by Gasteiger charge is 2.76. The van der Waals surface area contributed by atoms with Gasteiger partial charge in [-0.15, -0.1) is 0 Å². The zero-order valence-corrected chi connectivity index (χ0v) is 48.9. The number of aliphatic carboxylic acids is 1. The lowest BCUT2D eigenvalue weighted by Gasteiger charge is -2.33. The van der Waals surface area contributed by atoms with Crippen LogP contribution in [-0.2, 0) is 52.5 Å². The summed E-state index contributed by atoms with van der Waals surface area (Å²) in [6, 6.07) is 19.0. The number of ether oxygens (including phenoxy) is 6. The number of carboxylic acid groups (broad SMARTS) is 1. The van der Waals surface area contributed by atoms with Crippen LogP contribution in [0.1, 0.15) is 164 Å². The maximum atomic E-state index is 12.7. The van der Waals surface area contributed by atoms with Crippen LogP contribution in [0.5, 0.6) is 11.5 Å². The predicted octanol–water partition coefficient (Wildman–Crippen LogP) is 13.0. The van der Waals surface area contributed by atoms with E-state index in [1.54, 1.807) is 45.0 Å². The number of benzene rings is 3. The highest BCUT2D eigenvalue weighted by atomic mass is 19.4. The molecule has 0 amide bonds. The molecule has 15 nitrogen and oxygen atoms in total. The van der Waals surface area contributed by atoms with E-state index < -0.39 is 102 Å². The second-order valence-electron chi connectivity index (χ2n) is 21.9. The van der Waals surface area contributed by atoms with E-state index in [0.29, 0.717) is 36.2 Å². The van der Waals surface area contributed by atoms with Crippen LogP contribution >= 0.6 is 0 Å². The second kappa shape index (κ2) is 31.4. The van der Waals surface area contributed by atoms with Crippen molar-refractivity contribution in [1.29, 1.82) is 0 Å². The summed E-state index contributed by atoms with van der Waals surface area (Å²) in [5.74, 6) is -3.53. The third kappa shape index (κ3) is 21.0. The minimum absolute atomic E-state index is 0.0269. The number of phenolic OH excluding ortho intramolecular Hbond substituents is 1. The number of hydrogen-bond donors (Lipinski definition) is 3. The van der Waals surface area contributed by atoms with Crippen molar-refractivity contribution in [2.24, 2.45) is 34.0 Å². The maximum Gasteiger partial charge on any atom is 0.425 e. The zero-order chi connectivity index (χ0) is 61.8. The van der Waals surface area contributed by atoms with Crippen LogP contribution in [0.3, 0.4) is 0 Å². The van der Waals surface area contributed by atoms with Crippen molar-refractivity contribution in [2.45, 2.75) is 184 Å². The maximum absolute atomic E-state index is 12.7. The molecular formula is C60H84F6O15. The summed E-state index contributed by atoms with van der Waals surface area (Å²) >= 11 is 0. The molecule has 9 atom stereocenters. The fourth-order valence-electron chi connectivity index (χ4n) is 8.22. The number of carbonyl (C=O) groups excluding carboxylic acids is 5. The summed E-state index contributed by atoms with van der Waals surface area (Å²) in [6.07, 6.45) is -9.46. The Bertz CT molecular complexity index is 2510. The quantitative estimate of drug-likeness (QED) is 0.0415. The van der Waals surface area contributed by atoms with E-state index in [4.69, 9.17) is 34.3 Å². The highest BCUT2D eigenvalue weighted by Crippen LogP contribution is 2.63. The highest BCUT2D eigenvalue weighted by molar-refractivity contribution is 6.03. The van der Waals surface area contributed by atoms with Gasteiger partial charge in [0.1, 0.15) is 36.9 Å². The van der Waals surface area contributed by atoms with Gasteiger partial charge >= 0.3 is 48.2 Å². The molecule has 3 aromatic rings. The lowest BCUT2D eigenvalue weighted by molar-refractivity contribution is -0.222. The average Bonchev–Trinajstić information content (AvgIpc) is 3.57. The molecule has 456 valence electrons. The molecule has 21 heteroatoms. The van der Waals surface area contributed by atoms with Gasteiger partial charge in [0, 0.05) is 11.8 Å². The third-order valence-electron chi connectivity index (χ3n) is 15.2. The van der Waals surface area contributed by atoms with E-state index in [1.165, 1.54) is 11.1 Å². The lowest BCUT2D eigenvalue weighted by Crippen LogP contribution is -2.48. The summed E-state index contributed by atoms with van der Waals surface area (Å²) < 4.78 is 104. The fraction of sp³-hybridized carbons (Fsp3) is 0.633. The molecule has 2 bridgehead atoms. The molecule has 0 aromatic heterocycles. The molecule has 0 radical (unpaired) electrons. The molecule has 3 aliphatic rings. The number of esters is 5. The van der Waals surface area contributed by atoms with Crippen LogP contribution in [0.4, 0.5) is 26.3 Å². The number of rotatable bonds is 20. The lowest BCUT2D eigenvalue weighted by atomic mass is 9.73. The van der Waals surface area contributed by atoms with Crippen LogP contribution in [-0.4, -0.2) is 108 Å². The molecule has 1 aliphatic heterocycles. The van der Waals surface area contributed by atoms with Gasteiger partial charge in [-0.1, -0.05) is 91.8 Å². The second-order valence-corrected chi connectivity index (χ2v) is 21.9. The Balaban J connectivity index is 0.000000378. The van der Waals surface area contributed by atoms with Crippen LogP contribution in [0.2, 0.25) is 0 Å². The van der Waals surface area contributed by atoms with Crippen LogP contribution < -0.4 is 4.74 Å². The van der Waals surface area contributed by atoms with Crippen LogP contribution in [0.15, 0.2) is 60.7 Å². The van der Waals surface area contributed by atoms with Crippen molar-refractivity contribution in [3.05, 3.63) is 71.8 Å². The molecule has 1 saturated heterocycles. The Kier molecular flexibility index (Phi) is 27.5. The summed E-state index contributed by atoms with van der Waals surface area (Å²) in [5, 5.41) is 27.6. The predicted molar refractivity (Wildman–Crippen MR) is 290 cm³/mol. The zero-order valence-electron chi connectivity index (χ0n) is 48.9. The fourth-order valence-corrected chi connectivity index (χ4v) is 8.22. The number of alkyl halides is 6. The Morgan fingerprint density at radius 1 is 0.728 bits per heavy atom. The molecule has 1 heterocycles. The van der Waals surface area contributed by atoms with E-state index in [0.717, 1.165) is 43.4 Å². The third-order valence-corrected chi connectivity index (χ3v) is 15.2. The van der Waals surface area contributed by atoms with Gasteiger partial charge in [0.2, 0.25) is 0 Å². The summed E-state index contributed by atoms with van der Waals surface area (Å²) in [6.45, 7) is 22.7. The van der Waals surface area contributed by atoms with Crippen molar-refractivity contribution in [3.63, 3.8) is 0 Å². The molecule has 6 rings (SSSR count). The van der Waals surface area contributed by atoms with E-state index in [-0.39, 0.29) is 37.4 Å². The van der Waals surface area contributed by atoms with Crippen LogP contribution in [0.25, 0.3) is 10.8 Å². The van der Waals surface area contributed by atoms with Gasteiger partial charge < -0.3 is 43.7 Å². The molecule has 2 aliphatic carbocycles. The first-order valence-corrected chi connectivity index (χ1v) is 27.5. The number of carboxylic acids is 1. The first kappa shape index (κ1) is 71.0. The number of phenols is 1. The first-order valence-electron chi connectivity index (χ1n) is 27.5. The van der Waals surface area contributed by atoms with Crippen LogP contribution in [0, 0.1) is 34.0 Å². The summed E-state index contributed by atoms with van der Waals surface area (Å²) in [7, 11) is 0. The molecule has 3 fully saturated rings.